The third-order valence-electron chi connectivity index (χ3n) is 7.72. The highest BCUT2D eigenvalue weighted by Gasteiger charge is 2.39. The first-order valence-electron chi connectivity index (χ1n) is 13.4. The van der Waals surface area contributed by atoms with Crippen molar-refractivity contribution >= 4 is 22.8 Å². The molecule has 2 aliphatic heterocycles. The van der Waals surface area contributed by atoms with Crippen LogP contribution in [0.2, 0.25) is 0 Å². The molecule has 0 spiro atoms. The van der Waals surface area contributed by atoms with Crippen LogP contribution in [-0.2, 0) is 11.0 Å². The predicted molar refractivity (Wildman–Crippen MR) is 144 cm³/mol. The number of halogens is 3. The number of nitro groups is 1. The molecule has 2 saturated heterocycles. The van der Waals surface area contributed by atoms with E-state index in [0.717, 1.165) is 57.0 Å². The zero-order chi connectivity index (χ0) is 28.0. The largest absolute Gasteiger partial charge is 0.497 e. The van der Waals surface area contributed by atoms with Crippen molar-refractivity contribution in [3.8, 4) is 5.75 Å². The van der Waals surface area contributed by atoms with Gasteiger partial charge in [-0.2, -0.15) is 13.2 Å². The molecule has 0 aliphatic carbocycles. The van der Waals surface area contributed by atoms with Gasteiger partial charge in [0.1, 0.15) is 17.1 Å². The quantitative estimate of drug-likeness (QED) is 0.291. The minimum atomic E-state index is -4.80. The van der Waals surface area contributed by atoms with Crippen molar-refractivity contribution in [2.45, 2.75) is 38.3 Å². The van der Waals surface area contributed by atoms with E-state index < -0.39 is 22.4 Å². The number of nitro benzene ring substituents is 1. The van der Waals surface area contributed by atoms with Gasteiger partial charge in [0.15, 0.2) is 0 Å². The Morgan fingerprint density at radius 2 is 1.59 bits per heavy atom. The molecular weight excluding hydrogens is 513 g/mol. The van der Waals surface area contributed by atoms with Crippen LogP contribution in [0.15, 0.2) is 42.5 Å². The molecule has 0 radical (unpaired) electrons. The van der Waals surface area contributed by atoms with Gasteiger partial charge in [0, 0.05) is 69.6 Å². The summed E-state index contributed by atoms with van der Waals surface area (Å²) in [6, 6.07) is 11.2. The summed E-state index contributed by atoms with van der Waals surface area (Å²) in [7, 11) is 1.66. The third kappa shape index (κ3) is 7.62. The van der Waals surface area contributed by atoms with E-state index in [9.17, 15) is 28.1 Å². The van der Waals surface area contributed by atoms with E-state index in [0.29, 0.717) is 44.5 Å². The van der Waals surface area contributed by atoms with Crippen LogP contribution in [0.3, 0.4) is 0 Å². The Balaban J connectivity index is 1.16. The maximum Gasteiger partial charge on any atom is 0.423 e. The number of ketones is 1. The molecule has 8 nitrogen and oxygen atoms in total. The first-order valence-corrected chi connectivity index (χ1v) is 13.4. The molecule has 39 heavy (non-hydrogen) atoms. The van der Waals surface area contributed by atoms with E-state index in [-0.39, 0.29) is 11.7 Å². The van der Waals surface area contributed by atoms with Gasteiger partial charge in [-0.15, -0.1) is 0 Å². The zero-order valence-electron chi connectivity index (χ0n) is 22.2. The number of methoxy groups -OCH3 is 1. The van der Waals surface area contributed by atoms with Crippen LogP contribution in [0.1, 0.15) is 37.7 Å². The van der Waals surface area contributed by atoms with Crippen LogP contribution in [0.4, 0.5) is 30.2 Å². The molecule has 2 heterocycles. The Labute approximate surface area is 226 Å². The molecule has 2 aliphatic rings. The first kappa shape index (κ1) is 28.7. The lowest BCUT2D eigenvalue weighted by Gasteiger charge is -2.36. The second-order valence-corrected chi connectivity index (χ2v) is 10.3. The van der Waals surface area contributed by atoms with Crippen molar-refractivity contribution in [3.05, 3.63) is 58.1 Å². The van der Waals surface area contributed by atoms with E-state index in [1.54, 1.807) is 7.11 Å². The predicted octanol–water partition coefficient (Wildman–Crippen LogP) is 5.40. The molecular formula is C28H35F3N4O4. The molecule has 0 amide bonds. The van der Waals surface area contributed by atoms with Gasteiger partial charge < -0.3 is 14.5 Å². The number of rotatable bonds is 10. The van der Waals surface area contributed by atoms with Crippen molar-refractivity contribution in [1.29, 1.82) is 0 Å². The molecule has 0 aromatic heterocycles. The highest BCUT2D eigenvalue weighted by Crippen LogP contribution is 2.39. The van der Waals surface area contributed by atoms with Gasteiger partial charge in [0.25, 0.3) is 5.69 Å². The third-order valence-corrected chi connectivity index (χ3v) is 7.72. The van der Waals surface area contributed by atoms with E-state index in [2.05, 4.69) is 21.9 Å². The molecule has 4 rings (SSSR count). The number of Topliss-reactive ketones (excluding diaryl/α,β-unsaturated/α-hetero) is 1. The van der Waals surface area contributed by atoms with E-state index in [1.165, 1.54) is 11.8 Å². The molecule has 2 fully saturated rings. The summed E-state index contributed by atoms with van der Waals surface area (Å²) in [6.07, 6.45) is -1.53. The summed E-state index contributed by atoms with van der Waals surface area (Å²) in [5.41, 5.74) is -0.661. The Morgan fingerprint density at radius 3 is 2.18 bits per heavy atom. The molecule has 11 heteroatoms. The second-order valence-electron chi connectivity index (χ2n) is 10.3. The lowest BCUT2D eigenvalue weighted by atomic mass is 9.90. The minimum absolute atomic E-state index is 0.210. The molecule has 0 bridgehead atoms. The smallest absolute Gasteiger partial charge is 0.423 e. The molecule has 212 valence electrons. The number of nitrogens with zero attached hydrogens (tertiary/aromatic N) is 4. The van der Waals surface area contributed by atoms with Gasteiger partial charge in [0.2, 0.25) is 0 Å². The maximum absolute atomic E-state index is 13.3. The number of piperazine rings is 1. The molecule has 0 unspecified atom stereocenters. The maximum atomic E-state index is 13.3. The SMILES string of the molecule is COc1ccc(N2CCN(CCCC(=O)CC3CCN(c4ccc([N+](=O)[O-])c(C(F)(F)F)c4)CC3)CC2)cc1. The first-order chi connectivity index (χ1) is 18.6. The van der Waals surface area contributed by atoms with Crippen molar-refractivity contribution in [1.82, 2.24) is 4.90 Å². The Bertz CT molecular complexity index is 1130. The minimum Gasteiger partial charge on any atom is -0.497 e. The normalized spacial score (nSPS) is 17.3. The fourth-order valence-corrected chi connectivity index (χ4v) is 5.45. The number of piperidine rings is 1. The molecule has 0 N–H and O–H groups in total. The summed E-state index contributed by atoms with van der Waals surface area (Å²) in [6.45, 7) is 5.73. The van der Waals surface area contributed by atoms with Crippen LogP contribution in [0.5, 0.6) is 5.75 Å². The molecule has 0 atom stereocenters. The Kier molecular flexibility index (Phi) is 9.32. The summed E-state index contributed by atoms with van der Waals surface area (Å²) in [5, 5.41) is 11.0. The van der Waals surface area contributed by atoms with Crippen LogP contribution >= 0.6 is 0 Å². The number of benzene rings is 2. The zero-order valence-corrected chi connectivity index (χ0v) is 22.2. The number of anilines is 2. The van der Waals surface area contributed by atoms with E-state index in [1.807, 2.05) is 17.0 Å². The van der Waals surface area contributed by atoms with Crippen LogP contribution < -0.4 is 14.5 Å². The van der Waals surface area contributed by atoms with Gasteiger partial charge in [-0.3, -0.25) is 19.8 Å². The fourth-order valence-electron chi connectivity index (χ4n) is 5.45. The average molecular weight is 549 g/mol. The number of ether oxygens (including phenoxy) is 1. The number of alkyl halides is 3. The summed E-state index contributed by atoms with van der Waals surface area (Å²) in [4.78, 5) is 29.2. The lowest BCUT2D eigenvalue weighted by molar-refractivity contribution is -0.388. The van der Waals surface area contributed by atoms with Crippen molar-refractivity contribution in [2.75, 3.05) is 62.7 Å². The summed E-state index contributed by atoms with van der Waals surface area (Å²) < 4.78 is 45.2. The standard InChI is InChI=1S/C28H35F3N4O4/c1-39-25-7-4-22(5-8-25)34-17-15-32(16-18-34)12-2-3-24(36)19-21-10-13-33(14-11-21)23-6-9-27(35(37)38)26(20-23)28(29,30)31/h4-9,20-21H,2-3,10-19H2,1H3. The van der Waals surface area contributed by atoms with Crippen molar-refractivity contribution in [2.24, 2.45) is 5.92 Å². The highest BCUT2D eigenvalue weighted by atomic mass is 19.4. The van der Waals surface area contributed by atoms with Crippen LogP contribution in [0, 0.1) is 16.0 Å². The monoisotopic (exact) mass is 548 g/mol. The molecule has 0 saturated carbocycles. The van der Waals surface area contributed by atoms with Crippen molar-refractivity contribution in [3.63, 3.8) is 0 Å². The molecule has 2 aromatic rings. The van der Waals surface area contributed by atoms with Crippen molar-refractivity contribution < 1.29 is 27.6 Å². The number of carbonyl (C=O) groups excluding carboxylic acids is 1. The lowest BCUT2D eigenvalue weighted by Crippen LogP contribution is -2.46. The average Bonchev–Trinajstić information content (AvgIpc) is 2.93. The summed E-state index contributed by atoms with van der Waals surface area (Å²) in [5.74, 6) is 1.29. The van der Waals surface area contributed by atoms with Gasteiger partial charge in [-0.05, 0) is 68.1 Å². The van der Waals surface area contributed by atoms with Gasteiger partial charge in [-0.1, -0.05) is 0 Å². The van der Waals surface area contributed by atoms with Gasteiger partial charge in [0.05, 0.1) is 12.0 Å². The van der Waals surface area contributed by atoms with E-state index in [4.69, 9.17) is 4.74 Å². The van der Waals surface area contributed by atoms with Gasteiger partial charge >= 0.3 is 6.18 Å². The van der Waals surface area contributed by atoms with Crippen LogP contribution in [0.25, 0.3) is 0 Å². The number of hydrogen-bond donors (Lipinski definition) is 0. The summed E-state index contributed by atoms with van der Waals surface area (Å²) >= 11 is 0. The van der Waals surface area contributed by atoms with Crippen LogP contribution in [-0.4, -0.2) is 68.5 Å². The Hall–Kier alpha value is -3.34. The molecule has 2 aromatic carbocycles. The highest BCUT2D eigenvalue weighted by molar-refractivity contribution is 5.78. The second kappa shape index (κ2) is 12.7. The van der Waals surface area contributed by atoms with E-state index >= 15 is 0 Å². The van der Waals surface area contributed by atoms with Gasteiger partial charge in [-0.25, -0.2) is 0 Å². The topological polar surface area (TPSA) is 79.2 Å². The fraction of sp³-hybridized carbons (Fsp3) is 0.536. The number of carbonyl (C=O) groups is 1. The Morgan fingerprint density at radius 1 is 0.974 bits per heavy atom. The number of hydrogen-bond acceptors (Lipinski definition) is 7.